The highest BCUT2D eigenvalue weighted by Gasteiger charge is 2.17. The molecule has 1 amide bonds. The number of methoxy groups -OCH3 is 1. The molecular weight excluding hydrogens is 373 g/mol. The number of ether oxygens (including phenoxy) is 1. The van der Waals surface area contributed by atoms with Crippen LogP contribution in [0.5, 0.6) is 5.75 Å². The molecule has 0 aliphatic carbocycles. The first-order chi connectivity index (χ1) is 14.1. The fraction of sp³-hybridized carbons (Fsp3) is 0.182. The number of nitrogens with one attached hydrogen (secondary N) is 2. The topological polar surface area (TPSA) is 80.1 Å². The van der Waals surface area contributed by atoms with Crippen LogP contribution in [0.3, 0.4) is 0 Å². The van der Waals surface area contributed by atoms with Crippen molar-refractivity contribution in [1.82, 2.24) is 15.5 Å². The molecule has 2 aromatic carbocycles. The largest absolute Gasteiger partial charge is 0.497 e. The zero-order valence-corrected chi connectivity index (χ0v) is 15.9. The Bertz CT molecular complexity index is 1150. The van der Waals surface area contributed by atoms with E-state index in [9.17, 15) is 9.18 Å². The van der Waals surface area contributed by atoms with Crippen LogP contribution < -0.4 is 10.1 Å². The second kappa shape index (κ2) is 8.18. The summed E-state index contributed by atoms with van der Waals surface area (Å²) in [5, 5.41) is 7.75. The highest BCUT2D eigenvalue weighted by Crippen LogP contribution is 2.23. The highest BCUT2D eigenvalue weighted by molar-refractivity contribution is 5.93. The maximum Gasteiger partial charge on any atom is 0.273 e. The smallest absolute Gasteiger partial charge is 0.273 e. The van der Waals surface area contributed by atoms with Crippen LogP contribution in [0.15, 0.2) is 59.4 Å². The van der Waals surface area contributed by atoms with Crippen molar-refractivity contribution in [2.75, 3.05) is 13.7 Å². The van der Waals surface area contributed by atoms with Gasteiger partial charge in [-0.2, -0.15) is 0 Å². The normalized spacial score (nSPS) is 11.0. The zero-order chi connectivity index (χ0) is 20.2. The van der Waals surface area contributed by atoms with Gasteiger partial charge in [0.2, 0.25) is 0 Å². The van der Waals surface area contributed by atoms with Crippen molar-refractivity contribution in [2.45, 2.75) is 12.8 Å². The van der Waals surface area contributed by atoms with E-state index in [-0.39, 0.29) is 17.4 Å². The fourth-order valence-corrected chi connectivity index (χ4v) is 3.32. The van der Waals surface area contributed by atoms with Crippen molar-refractivity contribution < 1.29 is 18.4 Å². The molecule has 6 nitrogen and oxygen atoms in total. The summed E-state index contributed by atoms with van der Waals surface area (Å²) in [5.41, 5.74) is 3.68. The van der Waals surface area contributed by atoms with Crippen LogP contribution in [0.25, 0.3) is 10.9 Å². The Morgan fingerprint density at radius 3 is 2.97 bits per heavy atom. The lowest BCUT2D eigenvalue weighted by molar-refractivity contribution is 0.0944. The second-order valence-corrected chi connectivity index (χ2v) is 6.73. The van der Waals surface area contributed by atoms with Crippen molar-refractivity contribution in [3.63, 3.8) is 0 Å². The number of nitrogens with zero attached hydrogens (tertiary/aromatic N) is 1. The molecule has 2 aromatic heterocycles. The first kappa shape index (κ1) is 18.7. The van der Waals surface area contributed by atoms with E-state index >= 15 is 0 Å². The molecule has 0 atom stereocenters. The highest BCUT2D eigenvalue weighted by atomic mass is 19.1. The number of rotatable bonds is 7. The van der Waals surface area contributed by atoms with Gasteiger partial charge in [-0.1, -0.05) is 17.3 Å². The molecule has 2 heterocycles. The first-order valence-electron chi connectivity index (χ1n) is 9.24. The SMILES string of the molecule is COc1ccc2[nH]cc(CCNC(=O)c3nocc3Cc3cccc(F)c3)c2c1. The molecule has 2 N–H and O–H groups in total. The van der Waals surface area contributed by atoms with Gasteiger partial charge in [-0.15, -0.1) is 0 Å². The Hall–Kier alpha value is -3.61. The van der Waals surface area contributed by atoms with Crippen molar-refractivity contribution in [3.05, 3.63) is 83.1 Å². The van der Waals surface area contributed by atoms with Gasteiger partial charge < -0.3 is 19.6 Å². The van der Waals surface area contributed by atoms with Crippen molar-refractivity contribution in [3.8, 4) is 5.75 Å². The molecule has 7 heteroatoms. The van der Waals surface area contributed by atoms with Gasteiger partial charge in [0.25, 0.3) is 5.91 Å². The first-order valence-corrected chi connectivity index (χ1v) is 9.24. The van der Waals surface area contributed by atoms with Crippen molar-refractivity contribution in [2.24, 2.45) is 0 Å². The summed E-state index contributed by atoms with van der Waals surface area (Å²) in [4.78, 5) is 15.8. The molecule has 4 rings (SSSR count). The number of aromatic nitrogens is 2. The summed E-state index contributed by atoms with van der Waals surface area (Å²) in [6.45, 7) is 0.440. The van der Waals surface area contributed by atoms with Crippen LogP contribution in [-0.4, -0.2) is 29.7 Å². The zero-order valence-electron chi connectivity index (χ0n) is 15.9. The Morgan fingerprint density at radius 2 is 2.14 bits per heavy atom. The molecule has 0 spiro atoms. The van der Waals surface area contributed by atoms with E-state index in [1.165, 1.54) is 18.4 Å². The van der Waals surface area contributed by atoms with E-state index in [0.717, 1.165) is 27.8 Å². The van der Waals surface area contributed by atoms with E-state index < -0.39 is 0 Å². The summed E-state index contributed by atoms with van der Waals surface area (Å²) in [7, 11) is 1.63. The molecule has 148 valence electrons. The third kappa shape index (κ3) is 4.13. The van der Waals surface area contributed by atoms with Gasteiger partial charge in [0.15, 0.2) is 5.69 Å². The number of hydrogen-bond acceptors (Lipinski definition) is 4. The Kier molecular flexibility index (Phi) is 5.29. The maximum absolute atomic E-state index is 13.4. The van der Waals surface area contributed by atoms with Crippen LogP contribution in [0.2, 0.25) is 0 Å². The van der Waals surface area contributed by atoms with Crippen LogP contribution in [0.4, 0.5) is 4.39 Å². The average Bonchev–Trinajstić information content (AvgIpc) is 3.34. The number of hydrogen-bond donors (Lipinski definition) is 2. The van der Waals surface area contributed by atoms with Gasteiger partial charge in [0.1, 0.15) is 17.8 Å². The minimum absolute atomic E-state index is 0.217. The lowest BCUT2D eigenvalue weighted by Crippen LogP contribution is -2.26. The number of fused-ring (bicyclic) bond motifs is 1. The molecule has 0 saturated heterocycles. The lowest BCUT2D eigenvalue weighted by Gasteiger charge is -2.05. The Labute approximate surface area is 166 Å². The van der Waals surface area contributed by atoms with Gasteiger partial charge in [0.05, 0.1) is 7.11 Å². The van der Waals surface area contributed by atoms with Gasteiger partial charge >= 0.3 is 0 Å². The van der Waals surface area contributed by atoms with Crippen molar-refractivity contribution >= 4 is 16.8 Å². The summed E-state index contributed by atoms with van der Waals surface area (Å²) in [6.07, 6.45) is 4.37. The maximum atomic E-state index is 13.4. The van der Waals surface area contributed by atoms with E-state index in [1.54, 1.807) is 19.2 Å². The summed E-state index contributed by atoms with van der Waals surface area (Å²) in [5.74, 6) is 0.148. The summed E-state index contributed by atoms with van der Waals surface area (Å²) < 4.78 is 23.6. The third-order valence-corrected chi connectivity index (χ3v) is 4.80. The van der Waals surface area contributed by atoms with Crippen LogP contribution >= 0.6 is 0 Å². The number of halogens is 1. The molecule has 0 radical (unpaired) electrons. The number of H-pyrrole nitrogens is 1. The summed E-state index contributed by atoms with van der Waals surface area (Å²) in [6, 6.07) is 12.1. The molecule has 0 unspecified atom stereocenters. The molecule has 0 saturated carbocycles. The van der Waals surface area contributed by atoms with Gasteiger partial charge in [-0.05, 0) is 47.9 Å². The van der Waals surface area contributed by atoms with Gasteiger partial charge in [-0.25, -0.2) is 4.39 Å². The van der Waals surface area contributed by atoms with Gasteiger partial charge in [-0.3, -0.25) is 4.79 Å². The minimum atomic E-state index is -0.319. The van der Waals surface area contributed by atoms with Crippen LogP contribution in [0, 0.1) is 5.82 Å². The van der Waals surface area contributed by atoms with Gasteiger partial charge in [0, 0.05) is 35.6 Å². The minimum Gasteiger partial charge on any atom is -0.497 e. The average molecular weight is 393 g/mol. The number of carbonyl (C=O) groups is 1. The molecule has 29 heavy (non-hydrogen) atoms. The van der Waals surface area contributed by atoms with Crippen LogP contribution in [0.1, 0.15) is 27.2 Å². The Morgan fingerprint density at radius 1 is 1.24 bits per heavy atom. The fourth-order valence-electron chi connectivity index (χ4n) is 3.32. The molecule has 4 aromatic rings. The number of amides is 1. The summed E-state index contributed by atoms with van der Waals surface area (Å²) >= 11 is 0. The van der Waals surface area contributed by atoms with Crippen LogP contribution in [-0.2, 0) is 12.8 Å². The third-order valence-electron chi connectivity index (χ3n) is 4.80. The number of aromatic amines is 1. The van der Waals surface area contributed by atoms with E-state index in [2.05, 4.69) is 15.5 Å². The quantitative estimate of drug-likeness (QED) is 0.500. The molecule has 0 fully saturated rings. The molecule has 0 aliphatic heterocycles. The second-order valence-electron chi connectivity index (χ2n) is 6.73. The standard InChI is InChI=1S/C22H20FN3O3/c1-28-18-5-6-20-19(11-18)15(12-25-20)7-8-24-22(27)21-16(13-29-26-21)9-14-3-2-4-17(23)10-14/h2-6,10-13,25H,7-9H2,1H3,(H,24,27). The predicted octanol–water partition coefficient (Wildman–Crippen LogP) is 3.87. The molecule has 0 bridgehead atoms. The lowest BCUT2D eigenvalue weighted by atomic mass is 10.1. The molecule has 0 aliphatic rings. The van der Waals surface area contributed by atoms with Crippen molar-refractivity contribution in [1.29, 1.82) is 0 Å². The number of carbonyl (C=O) groups excluding carboxylic acids is 1. The molecular formula is C22H20FN3O3. The number of benzene rings is 2. The Balaban J connectivity index is 1.40. The predicted molar refractivity (Wildman–Crippen MR) is 107 cm³/mol. The van der Waals surface area contributed by atoms with E-state index in [4.69, 9.17) is 9.26 Å². The van der Waals surface area contributed by atoms with E-state index in [0.29, 0.717) is 24.9 Å². The monoisotopic (exact) mass is 393 g/mol. The van der Waals surface area contributed by atoms with E-state index in [1.807, 2.05) is 24.4 Å².